The number of nitrogens with zero attached hydrogens (tertiary/aromatic N) is 1. The third-order valence-electron chi connectivity index (χ3n) is 4.08. The first-order valence-corrected chi connectivity index (χ1v) is 8.44. The van der Waals surface area contributed by atoms with Crippen LogP contribution in [0.25, 0.3) is 0 Å². The van der Waals surface area contributed by atoms with Crippen molar-refractivity contribution in [1.29, 1.82) is 5.26 Å². The molecule has 0 fully saturated rings. The van der Waals surface area contributed by atoms with Crippen molar-refractivity contribution in [2.24, 2.45) is 5.73 Å². The van der Waals surface area contributed by atoms with E-state index in [4.69, 9.17) is 20.5 Å². The molecule has 0 heterocycles. The van der Waals surface area contributed by atoms with Crippen LogP contribution < -0.4 is 15.2 Å². The molecule has 0 spiro atoms. The highest BCUT2D eigenvalue weighted by molar-refractivity contribution is 5.42. The lowest BCUT2D eigenvalue weighted by Gasteiger charge is -2.24. The third-order valence-corrected chi connectivity index (χ3v) is 4.08. The molecule has 0 aromatic heterocycles. The highest BCUT2D eigenvalue weighted by Gasteiger charge is 2.22. The molecule has 0 atom stereocenters. The molecule has 138 valence electrons. The lowest BCUT2D eigenvalue weighted by Crippen LogP contribution is -2.47. The van der Waals surface area contributed by atoms with E-state index < -0.39 is 5.54 Å². The van der Waals surface area contributed by atoms with E-state index in [1.54, 1.807) is 18.2 Å². The Morgan fingerprint density at radius 1 is 0.962 bits per heavy atom. The van der Waals surface area contributed by atoms with Crippen LogP contribution in [-0.4, -0.2) is 42.2 Å². The van der Waals surface area contributed by atoms with Crippen LogP contribution in [0.15, 0.2) is 48.5 Å². The zero-order valence-corrected chi connectivity index (χ0v) is 14.6. The van der Waals surface area contributed by atoms with Gasteiger partial charge in [0.1, 0.15) is 30.8 Å². The summed E-state index contributed by atoms with van der Waals surface area (Å²) in [6.07, 6.45) is 1.15. The number of benzene rings is 2. The molecule has 0 radical (unpaired) electrons. The van der Waals surface area contributed by atoms with Crippen LogP contribution in [0.3, 0.4) is 0 Å². The minimum atomic E-state index is -0.952. The number of ether oxygens (including phenoxy) is 2. The topological polar surface area (TPSA) is 109 Å². The number of nitriles is 1. The Labute approximate surface area is 153 Å². The molecule has 2 aromatic carbocycles. The second-order valence-electron chi connectivity index (χ2n) is 6.13. The van der Waals surface area contributed by atoms with E-state index in [2.05, 4.69) is 6.07 Å². The number of hydrogen-bond acceptors (Lipinski definition) is 6. The predicted octanol–water partition coefficient (Wildman–Crippen LogP) is 1.63. The summed E-state index contributed by atoms with van der Waals surface area (Å²) >= 11 is 0. The van der Waals surface area contributed by atoms with Gasteiger partial charge < -0.3 is 25.4 Å². The molecule has 0 unspecified atom stereocenters. The maximum atomic E-state index is 9.21. The quantitative estimate of drug-likeness (QED) is 0.558. The van der Waals surface area contributed by atoms with Crippen molar-refractivity contribution < 1.29 is 19.7 Å². The summed E-state index contributed by atoms with van der Waals surface area (Å²) < 4.78 is 11.2. The fourth-order valence-electron chi connectivity index (χ4n) is 2.35. The first-order valence-electron chi connectivity index (χ1n) is 8.44. The molecule has 6 heteroatoms. The summed E-state index contributed by atoms with van der Waals surface area (Å²) in [5.74, 6) is 1.27. The Kier molecular flexibility index (Phi) is 7.42. The van der Waals surface area contributed by atoms with Crippen molar-refractivity contribution in [2.75, 3.05) is 26.4 Å². The predicted molar refractivity (Wildman–Crippen MR) is 98.0 cm³/mol. The molecule has 2 rings (SSSR count). The van der Waals surface area contributed by atoms with Crippen molar-refractivity contribution in [2.45, 2.75) is 18.4 Å². The van der Waals surface area contributed by atoms with Gasteiger partial charge in [-0.05, 0) is 42.7 Å². The van der Waals surface area contributed by atoms with E-state index in [9.17, 15) is 10.2 Å². The lowest BCUT2D eigenvalue weighted by atomic mass is 9.94. The van der Waals surface area contributed by atoms with E-state index in [0.29, 0.717) is 43.1 Å². The highest BCUT2D eigenvalue weighted by Crippen LogP contribution is 2.18. The summed E-state index contributed by atoms with van der Waals surface area (Å²) in [5.41, 5.74) is 6.46. The van der Waals surface area contributed by atoms with Gasteiger partial charge in [-0.25, -0.2) is 0 Å². The molecule has 0 aliphatic carbocycles. The van der Waals surface area contributed by atoms with Gasteiger partial charge in [-0.2, -0.15) is 5.26 Å². The van der Waals surface area contributed by atoms with Gasteiger partial charge in [0.15, 0.2) is 0 Å². The fourth-order valence-corrected chi connectivity index (χ4v) is 2.35. The Bertz CT molecular complexity index is 721. The van der Waals surface area contributed by atoms with E-state index in [-0.39, 0.29) is 13.2 Å². The van der Waals surface area contributed by atoms with Gasteiger partial charge in [0.2, 0.25) is 0 Å². The van der Waals surface area contributed by atoms with Crippen molar-refractivity contribution in [1.82, 2.24) is 0 Å². The number of nitrogens with two attached hydrogens (primary N) is 1. The number of aryl methyl sites for hydroxylation is 1. The molecule has 0 aliphatic rings. The van der Waals surface area contributed by atoms with Gasteiger partial charge in [0.05, 0.1) is 24.3 Å². The van der Waals surface area contributed by atoms with Gasteiger partial charge in [0, 0.05) is 0 Å². The van der Waals surface area contributed by atoms with E-state index in [1.807, 2.05) is 30.3 Å². The molecule has 4 N–H and O–H groups in total. The van der Waals surface area contributed by atoms with Crippen LogP contribution in [0.4, 0.5) is 0 Å². The van der Waals surface area contributed by atoms with Crippen LogP contribution in [0.2, 0.25) is 0 Å². The molecule has 0 bridgehead atoms. The second-order valence-corrected chi connectivity index (χ2v) is 6.13. The lowest BCUT2D eigenvalue weighted by molar-refractivity contribution is 0.115. The minimum Gasteiger partial charge on any atom is -0.490 e. The van der Waals surface area contributed by atoms with Crippen molar-refractivity contribution >= 4 is 0 Å². The molecule has 6 nitrogen and oxygen atoms in total. The Hall–Kier alpha value is -2.59. The third kappa shape index (κ3) is 5.74. The first-order chi connectivity index (χ1) is 12.6. The van der Waals surface area contributed by atoms with Crippen LogP contribution in [0.5, 0.6) is 11.5 Å². The smallest absolute Gasteiger partial charge is 0.137 e. The van der Waals surface area contributed by atoms with Crippen molar-refractivity contribution in [3.05, 3.63) is 59.7 Å². The highest BCUT2D eigenvalue weighted by atomic mass is 16.5. The molecule has 26 heavy (non-hydrogen) atoms. The standard InChI is InChI=1S/C20H24N2O4/c21-13-17-3-1-2-4-19(17)26-12-11-25-18-7-5-16(6-8-18)9-10-20(22,14-23)15-24/h1-8,23-24H,9-12,14-15,22H2. The fraction of sp³-hybridized carbons (Fsp3) is 0.350. The average Bonchev–Trinajstić information content (AvgIpc) is 2.70. The van der Waals surface area contributed by atoms with Crippen molar-refractivity contribution in [3.8, 4) is 17.6 Å². The van der Waals surface area contributed by atoms with E-state index in [1.165, 1.54) is 0 Å². The molecule has 0 saturated heterocycles. The Morgan fingerprint density at radius 2 is 1.62 bits per heavy atom. The van der Waals surface area contributed by atoms with Crippen LogP contribution in [0.1, 0.15) is 17.5 Å². The molecule has 0 aliphatic heterocycles. The van der Waals surface area contributed by atoms with Crippen LogP contribution in [-0.2, 0) is 6.42 Å². The first kappa shape index (κ1) is 19.7. The molecular weight excluding hydrogens is 332 g/mol. The minimum absolute atomic E-state index is 0.250. The van der Waals surface area contributed by atoms with Crippen LogP contribution in [0, 0.1) is 11.3 Å². The molecular formula is C20H24N2O4. The number of aliphatic hydroxyl groups excluding tert-OH is 2. The zero-order valence-electron chi connectivity index (χ0n) is 14.6. The Balaban J connectivity index is 1.76. The van der Waals surface area contributed by atoms with Gasteiger partial charge in [-0.1, -0.05) is 24.3 Å². The van der Waals surface area contributed by atoms with E-state index in [0.717, 1.165) is 5.56 Å². The number of aliphatic hydroxyl groups is 2. The summed E-state index contributed by atoms with van der Waals surface area (Å²) in [6.45, 7) is 0.197. The number of hydrogen-bond donors (Lipinski definition) is 3. The Morgan fingerprint density at radius 3 is 2.27 bits per heavy atom. The maximum absolute atomic E-state index is 9.21. The normalized spacial score (nSPS) is 11.0. The zero-order chi connectivity index (χ0) is 18.8. The summed E-state index contributed by atoms with van der Waals surface area (Å²) in [7, 11) is 0. The van der Waals surface area contributed by atoms with E-state index >= 15 is 0 Å². The maximum Gasteiger partial charge on any atom is 0.137 e. The molecule has 0 amide bonds. The van der Waals surface area contributed by atoms with Gasteiger partial charge >= 0.3 is 0 Å². The summed E-state index contributed by atoms with van der Waals surface area (Å²) in [5, 5.41) is 27.4. The number of para-hydroxylation sites is 1. The monoisotopic (exact) mass is 356 g/mol. The van der Waals surface area contributed by atoms with Crippen LogP contribution >= 0.6 is 0 Å². The molecule has 2 aromatic rings. The van der Waals surface area contributed by atoms with Crippen molar-refractivity contribution in [3.63, 3.8) is 0 Å². The summed E-state index contributed by atoms with van der Waals surface area (Å²) in [6, 6.07) is 16.7. The second kappa shape index (κ2) is 9.78. The average molecular weight is 356 g/mol. The number of rotatable bonds is 10. The summed E-state index contributed by atoms with van der Waals surface area (Å²) in [4.78, 5) is 0. The van der Waals surface area contributed by atoms with Gasteiger partial charge in [-0.15, -0.1) is 0 Å². The molecule has 0 saturated carbocycles. The van der Waals surface area contributed by atoms with Gasteiger partial charge in [-0.3, -0.25) is 0 Å². The van der Waals surface area contributed by atoms with Gasteiger partial charge in [0.25, 0.3) is 0 Å². The largest absolute Gasteiger partial charge is 0.490 e. The SMILES string of the molecule is N#Cc1ccccc1OCCOc1ccc(CCC(N)(CO)CO)cc1.